The molecule has 86 valence electrons. The van der Waals surface area contributed by atoms with Gasteiger partial charge in [-0.3, -0.25) is 0 Å². The largest absolute Gasteiger partial charge is 0.508 e. The number of phenolic OH excluding ortho intramolecular Hbond substituents is 1. The highest BCUT2D eigenvalue weighted by Crippen LogP contribution is 2.37. The van der Waals surface area contributed by atoms with Crippen LogP contribution in [0.15, 0.2) is 24.3 Å². The van der Waals surface area contributed by atoms with Crippen LogP contribution in [0.4, 0.5) is 5.69 Å². The number of sulfone groups is 1. The lowest BCUT2D eigenvalue weighted by Gasteiger charge is -2.47. The number of rotatable bonds is 1. The Bertz CT molecular complexity index is 508. The fourth-order valence-electron chi connectivity index (χ4n) is 2.53. The average molecular weight is 239 g/mol. The van der Waals surface area contributed by atoms with Gasteiger partial charge < -0.3 is 10.0 Å². The third-order valence-electron chi connectivity index (χ3n) is 3.50. The molecule has 0 spiro atoms. The van der Waals surface area contributed by atoms with E-state index in [1.54, 1.807) is 18.2 Å². The normalized spacial score (nSPS) is 30.9. The Hall–Kier alpha value is -1.23. The number of nitrogens with zero attached hydrogens (tertiary/aromatic N) is 1. The van der Waals surface area contributed by atoms with Gasteiger partial charge in [0.25, 0.3) is 0 Å². The first-order chi connectivity index (χ1) is 7.57. The van der Waals surface area contributed by atoms with E-state index in [1.807, 2.05) is 11.0 Å². The molecule has 4 rings (SSSR count). The predicted molar refractivity (Wildman–Crippen MR) is 61.4 cm³/mol. The lowest BCUT2D eigenvalue weighted by molar-refractivity contribution is 0.458. The van der Waals surface area contributed by atoms with Gasteiger partial charge in [-0.05, 0) is 18.6 Å². The van der Waals surface area contributed by atoms with Crippen molar-refractivity contribution in [3.05, 3.63) is 24.3 Å². The number of hydrogen-bond acceptors (Lipinski definition) is 4. The van der Waals surface area contributed by atoms with Crippen molar-refractivity contribution in [1.29, 1.82) is 0 Å². The van der Waals surface area contributed by atoms with Gasteiger partial charge in [0.1, 0.15) is 5.75 Å². The molecule has 0 saturated carbocycles. The first-order valence-electron chi connectivity index (χ1n) is 5.34. The van der Waals surface area contributed by atoms with Gasteiger partial charge in [-0.1, -0.05) is 6.07 Å². The van der Waals surface area contributed by atoms with Gasteiger partial charge in [0.2, 0.25) is 0 Å². The predicted octanol–water partition coefficient (Wildman–Crippen LogP) is 0.768. The number of anilines is 1. The summed E-state index contributed by atoms with van der Waals surface area (Å²) in [7, 11) is -2.82. The minimum Gasteiger partial charge on any atom is -0.508 e. The monoisotopic (exact) mass is 239 g/mol. The van der Waals surface area contributed by atoms with Crippen LogP contribution in [-0.4, -0.2) is 37.1 Å². The molecule has 1 aromatic carbocycles. The molecule has 2 atom stereocenters. The molecule has 0 aliphatic carbocycles. The molecule has 2 bridgehead atoms. The minimum absolute atomic E-state index is 0.200. The molecule has 1 N–H and O–H groups in total. The maximum atomic E-state index is 11.6. The van der Waals surface area contributed by atoms with Gasteiger partial charge in [-0.15, -0.1) is 0 Å². The number of piperidine rings is 1. The van der Waals surface area contributed by atoms with Crippen LogP contribution in [-0.2, 0) is 9.84 Å². The van der Waals surface area contributed by atoms with Crippen LogP contribution >= 0.6 is 0 Å². The van der Waals surface area contributed by atoms with E-state index < -0.39 is 9.84 Å². The van der Waals surface area contributed by atoms with Crippen LogP contribution in [0.3, 0.4) is 0 Å². The van der Waals surface area contributed by atoms with E-state index >= 15 is 0 Å². The molecule has 0 aromatic heterocycles. The van der Waals surface area contributed by atoms with Crippen molar-refractivity contribution in [2.75, 3.05) is 18.0 Å². The Morgan fingerprint density at radius 3 is 2.50 bits per heavy atom. The highest BCUT2D eigenvalue weighted by Gasteiger charge is 2.51. The maximum absolute atomic E-state index is 11.6. The van der Waals surface area contributed by atoms with Gasteiger partial charge >= 0.3 is 0 Å². The summed E-state index contributed by atoms with van der Waals surface area (Å²) in [4.78, 5) is 2.04. The number of aromatic hydroxyl groups is 1. The number of hydrogen-bond donors (Lipinski definition) is 1. The molecular weight excluding hydrogens is 226 g/mol. The fraction of sp³-hybridized carbons (Fsp3) is 0.455. The van der Waals surface area contributed by atoms with Crippen LogP contribution in [0.5, 0.6) is 5.75 Å². The van der Waals surface area contributed by atoms with Crippen LogP contribution in [0.2, 0.25) is 0 Å². The smallest absolute Gasteiger partial charge is 0.159 e. The van der Waals surface area contributed by atoms with E-state index in [-0.39, 0.29) is 16.2 Å². The summed E-state index contributed by atoms with van der Waals surface area (Å²) in [5.41, 5.74) is 0.907. The zero-order valence-electron chi connectivity index (χ0n) is 8.70. The molecule has 1 aromatic rings. The second-order valence-corrected chi connectivity index (χ2v) is 7.00. The molecular formula is C11H13NO3S. The second-order valence-electron chi connectivity index (χ2n) is 4.49. The lowest BCUT2D eigenvalue weighted by Crippen LogP contribution is -2.62. The summed E-state index contributed by atoms with van der Waals surface area (Å²) >= 11 is 0. The zero-order chi connectivity index (χ0) is 11.3. The molecule has 3 heterocycles. The van der Waals surface area contributed by atoms with E-state index in [0.29, 0.717) is 13.1 Å². The Morgan fingerprint density at radius 1 is 1.25 bits per heavy atom. The number of benzene rings is 1. The summed E-state index contributed by atoms with van der Waals surface area (Å²) in [6.45, 7) is 1.12. The molecule has 3 aliphatic heterocycles. The van der Waals surface area contributed by atoms with Gasteiger partial charge in [0, 0.05) is 24.8 Å². The van der Waals surface area contributed by atoms with E-state index in [0.717, 1.165) is 12.1 Å². The van der Waals surface area contributed by atoms with Gasteiger partial charge in [0.15, 0.2) is 9.84 Å². The average Bonchev–Trinajstić information content (AvgIpc) is 2.29. The SMILES string of the molecule is O=S1(=O)C2CC1CN(c1cccc(O)c1)C2. The van der Waals surface area contributed by atoms with Crippen molar-refractivity contribution in [2.45, 2.75) is 16.9 Å². The molecule has 5 heteroatoms. The third kappa shape index (κ3) is 1.31. The Morgan fingerprint density at radius 2 is 1.94 bits per heavy atom. The van der Waals surface area contributed by atoms with E-state index in [4.69, 9.17) is 0 Å². The summed E-state index contributed by atoms with van der Waals surface area (Å²) in [6.07, 6.45) is 0.803. The Balaban J connectivity index is 1.86. The van der Waals surface area contributed by atoms with E-state index in [2.05, 4.69) is 0 Å². The van der Waals surface area contributed by atoms with Crippen molar-refractivity contribution in [3.63, 3.8) is 0 Å². The summed E-state index contributed by atoms with van der Waals surface area (Å²) in [6, 6.07) is 6.97. The van der Waals surface area contributed by atoms with Crippen LogP contribution < -0.4 is 4.90 Å². The molecule has 4 nitrogen and oxygen atoms in total. The highest BCUT2D eigenvalue weighted by atomic mass is 32.2. The van der Waals surface area contributed by atoms with Crippen LogP contribution in [0.25, 0.3) is 0 Å². The fourth-order valence-corrected chi connectivity index (χ4v) is 4.50. The molecule has 0 amide bonds. The van der Waals surface area contributed by atoms with Crippen molar-refractivity contribution in [2.24, 2.45) is 0 Å². The molecule has 3 saturated heterocycles. The standard InChI is InChI=1S/C11H13NO3S/c13-9-3-1-2-8(4-9)12-6-10-5-11(7-12)16(10,14)15/h1-4,10-11,13H,5-7H2. The maximum Gasteiger partial charge on any atom is 0.159 e. The summed E-state index contributed by atoms with van der Waals surface area (Å²) in [5.74, 6) is 0.222. The third-order valence-corrected chi connectivity index (χ3v) is 6.04. The van der Waals surface area contributed by atoms with Crippen molar-refractivity contribution >= 4 is 15.5 Å². The van der Waals surface area contributed by atoms with Crippen LogP contribution in [0, 0.1) is 0 Å². The molecule has 3 aliphatic rings. The van der Waals surface area contributed by atoms with Crippen molar-refractivity contribution < 1.29 is 13.5 Å². The Labute approximate surface area is 94.4 Å². The molecule has 3 fully saturated rings. The topological polar surface area (TPSA) is 57.6 Å². The minimum atomic E-state index is -2.82. The zero-order valence-corrected chi connectivity index (χ0v) is 9.52. The summed E-state index contributed by atoms with van der Waals surface area (Å²) < 4.78 is 23.2. The van der Waals surface area contributed by atoms with Crippen molar-refractivity contribution in [3.8, 4) is 5.75 Å². The first kappa shape index (κ1) is 9.96. The van der Waals surface area contributed by atoms with Gasteiger partial charge in [0.05, 0.1) is 10.5 Å². The number of fused-ring (bicyclic) bond motifs is 2. The summed E-state index contributed by atoms with van der Waals surface area (Å²) in [5, 5.41) is 8.98. The van der Waals surface area contributed by atoms with Gasteiger partial charge in [-0.2, -0.15) is 0 Å². The van der Waals surface area contributed by atoms with Gasteiger partial charge in [-0.25, -0.2) is 8.42 Å². The van der Waals surface area contributed by atoms with E-state index in [1.165, 1.54) is 0 Å². The van der Waals surface area contributed by atoms with Crippen molar-refractivity contribution in [1.82, 2.24) is 0 Å². The highest BCUT2D eigenvalue weighted by molar-refractivity contribution is 7.94. The molecule has 16 heavy (non-hydrogen) atoms. The quantitative estimate of drug-likeness (QED) is 0.786. The van der Waals surface area contributed by atoms with E-state index in [9.17, 15) is 13.5 Å². The molecule has 2 unspecified atom stereocenters. The molecule has 0 radical (unpaired) electrons. The Kier molecular flexibility index (Phi) is 1.95. The first-order valence-corrected chi connectivity index (χ1v) is 6.95. The lowest BCUT2D eigenvalue weighted by atomic mass is 10.1. The second kappa shape index (κ2) is 3.13. The number of phenols is 1. The van der Waals surface area contributed by atoms with Crippen LogP contribution in [0.1, 0.15) is 6.42 Å².